The van der Waals surface area contributed by atoms with Crippen molar-refractivity contribution in [3.05, 3.63) is 0 Å². The molecule has 0 aromatic rings. The lowest BCUT2D eigenvalue weighted by atomic mass is 9.97. The van der Waals surface area contributed by atoms with Gasteiger partial charge in [0.05, 0.1) is 0 Å². The highest BCUT2D eigenvalue weighted by Gasteiger charge is 2.46. The second-order valence-corrected chi connectivity index (χ2v) is 5.63. The zero-order valence-corrected chi connectivity index (χ0v) is 12.2. The van der Waals surface area contributed by atoms with Crippen LogP contribution in [0.5, 0.6) is 0 Å². The molecule has 0 aliphatic heterocycles. The number of carbonyl (C=O) groups is 1. The number of hydrogen-bond donors (Lipinski definition) is 2. The normalized spacial score (nSPS) is 29.7. The molecule has 0 spiro atoms. The average molecular weight is 256 g/mol. The summed E-state index contributed by atoms with van der Waals surface area (Å²) in [5.41, 5.74) is -0.692. The number of nitrogens with zero attached hydrogens (tertiary/aromatic N) is 1. The van der Waals surface area contributed by atoms with Crippen LogP contribution in [-0.2, 0) is 4.79 Å². The van der Waals surface area contributed by atoms with Crippen molar-refractivity contribution in [2.45, 2.75) is 70.5 Å². The van der Waals surface area contributed by atoms with Gasteiger partial charge in [-0.05, 0) is 52.6 Å². The molecule has 0 aromatic heterocycles. The topological polar surface area (TPSA) is 52.6 Å². The molecule has 2 N–H and O–H groups in total. The van der Waals surface area contributed by atoms with Gasteiger partial charge in [-0.2, -0.15) is 0 Å². The zero-order valence-electron chi connectivity index (χ0n) is 12.2. The molecular formula is C14H28N2O2. The summed E-state index contributed by atoms with van der Waals surface area (Å²) in [6, 6.07) is 0.908. The molecule has 1 aliphatic carbocycles. The van der Waals surface area contributed by atoms with Crippen LogP contribution in [0.4, 0.5) is 0 Å². The van der Waals surface area contributed by atoms with Crippen molar-refractivity contribution in [2.75, 3.05) is 13.6 Å². The molecule has 3 atom stereocenters. The van der Waals surface area contributed by atoms with E-state index in [9.17, 15) is 9.90 Å². The molecule has 1 rings (SSSR count). The highest BCUT2D eigenvalue weighted by atomic mass is 16.4. The van der Waals surface area contributed by atoms with E-state index >= 15 is 0 Å². The van der Waals surface area contributed by atoms with Crippen molar-refractivity contribution < 1.29 is 9.90 Å². The summed E-state index contributed by atoms with van der Waals surface area (Å²) in [6.07, 6.45) is 4.52. The van der Waals surface area contributed by atoms with Crippen LogP contribution < -0.4 is 5.32 Å². The summed E-state index contributed by atoms with van der Waals surface area (Å²) in [5, 5.41) is 12.8. The summed E-state index contributed by atoms with van der Waals surface area (Å²) in [5.74, 6) is -0.684. The first-order chi connectivity index (χ1) is 8.46. The van der Waals surface area contributed by atoms with Crippen molar-refractivity contribution in [3.63, 3.8) is 0 Å². The first-order valence-corrected chi connectivity index (χ1v) is 7.17. The summed E-state index contributed by atoms with van der Waals surface area (Å²) >= 11 is 0. The summed E-state index contributed by atoms with van der Waals surface area (Å²) < 4.78 is 0. The van der Waals surface area contributed by atoms with Crippen molar-refractivity contribution in [1.82, 2.24) is 10.2 Å². The van der Waals surface area contributed by atoms with Crippen molar-refractivity contribution in [2.24, 2.45) is 0 Å². The van der Waals surface area contributed by atoms with Gasteiger partial charge in [0.2, 0.25) is 0 Å². The van der Waals surface area contributed by atoms with Crippen LogP contribution in [0.3, 0.4) is 0 Å². The molecule has 0 bridgehead atoms. The van der Waals surface area contributed by atoms with E-state index in [1.807, 2.05) is 0 Å². The molecule has 0 saturated heterocycles. The second-order valence-electron chi connectivity index (χ2n) is 5.63. The maximum absolute atomic E-state index is 11.6. The minimum Gasteiger partial charge on any atom is -0.480 e. The Balaban J connectivity index is 2.68. The molecule has 106 valence electrons. The van der Waals surface area contributed by atoms with E-state index < -0.39 is 11.5 Å². The van der Waals surface area contributed by atoms with Gasteiger partial charge in [-0.3, -0.25) is 4.79 Å². The van der Waals surface area contributed by atoms with Gasteiger partial charge in [0, 0.05) is 12.1 Å². The van der Waals surface area contributed by atoms with Gasteiger partial charge in [-0.1, -0.05) is 13.8 Å². The zero-order chi connectivity index (χ0) is 13.8. The van der Waals surface area contributed by atoms with Gasteiger partial charge < -0.3 is 15.3 Å². The predicted octanol–water partition coefficient (Wildman–Crippen LogP) is 2.09. The third kappa shape index (κ3) is 3.23. The highest BCUT2D eigenvalue weighted by molar-refractivity contribution is 5.79. The molecule has 0 aromatic carbocycles. The largest absolute Gasteiger partial charge is 0.480 e. The fourth-order valence-electron chi connectivity index (χ4n) is 2.81. The van der Waals surface area contributed by atoms with E-state index in [4.69, 9.17) is 0 Å². The maximum Gasteiger partial charge on any atom is 0.323 e. The molecule has 4 heteroatoms. The standard InChI is InChI=1S/C14H28N2O2/c1-5-9-15-14(13(17)18)8-7-12(10-14)16(4)11(3)6-2/h11-12,15H,5-10H2,1-4H3,(H,17,18). The van der Waals surface area contributed by atoms with E-state index in [0.717, 1.165) is 38.6 Å². The molecule has 0 heterocycles. The van der Waals surface area contributed by atoms with E-state index in [2.05, 4.69) is 38.0 Å². The Morgan fingerprint density at radius 1 is 1.56 bits per heavy atom. The van der Waals surface area contributed by atoms with Crippen LogP contribution in [-0.4, -0.2) is 47.2 Å². The minimum atomic E-state index is -0.692. The first kappa shape index (κ1) is 15.4. The Labute approximate surface area is 111 Å². The number of nitrogens with one attached hydrogen (secondary N) is 1. The quantitative estimate of drug-likeness (QED) is 0.732. The molecule has 3 unspecified atom stereocenters. The van der Waals surface area contributed by atoms with Crippen molar-refractivity contribution >= 4 is 5.97 Å². The van der Waals surface area contributed by atoms with Crippen LogP contribution in [0.2, 0.25) is 0 Å². The van der Waals surface area contributed by atoms with Crippen molar-refractivity contribution in [3.8, 4) is 0 Å². The van der Waals surface area contributed by atoms with Crippen LogP contribution in [0, 0.1) is 0 Å². The fourth-order valence-corrected chi connectivity index (χ4v) is 2.81. The lowest BCUT2D eigenvalue weighted by Gasteiger charge is -2.32. The lowest BCUT2D eigenvalue weighted by molar-refractivity contribution is -0.144. The smallest absolute Gasteiger partial charge is 0.323 e. The summed E-state index contributed by atoms with van der Waals surface area (Å²) in [4.78, 5) is 13.9. The average Bonchev–Trinajstić information content (AvgIpc) is 2.80. The highest BCUT2D eigenvalue weighted by Crippen LogP contribution is 2.34. The monoisotopic (exact) mass is 256 g/mol. The minimum absolute atomic E-state index is 0.389. The Bertz CT molecular complexity index is 283. The number of rotatable bonds is 7. The molecule has 0 radical (unpaired) electrons. The van der Waals surface area contributed by atoms with Gasteiger partial charge in [-0.15, -0.1) is 0 Å². The third-order valence-electron chi connectivity index (χ3n) is 4.47. The number of carboxylic acids is 1. The van der Waals surface area contributed by atoms with Crippen molar-refractivity contribution in [1.29, 1.82) is 0 Å². The molecule has 1 saturated carbocycles. The van der Waals surface area contributed by atoms with E-state index in [0.29, 0.717) is 12.1 Å². The van der Waals surface area contributed by atoms with Crippen LogP contribution in [0.15, 0.2) is 0 Å². The summed E-state index contributed by atoms with van der Waals surface area (Å²) in [7, 11) is 2.12. The second kappa shape index (κ2) is 6.53. The fraction of sp³-hybridized carbons (Fsp3) is 0.929. The van der Waals surface area contributed by atoms with E-state index in [1.54, 1.807) is 0 Å². The molecule has 18 heavy (non-hydrogen) atoms. The predicted molar refractivity (Wildman–Crippen MR) is 73.8 cm³/mol. The number of hydrogen-bond acceptors (Lipinski definition) is 3. The van der Waals surface area contributed by atoms with Gasteiger partial charge in [-0.25, -0.2) is 0 Å². The Hall–Kier alpha value is -0.610. The Morgan fingerprint density at radius 3 is 2.72 bits per heavy atom. The molecule has 0 amide bonds. The molecular weight excluding hydrogens is 228 g/mol. The molecule has 4 nitrogen and oxygen atoms in total. The molecule has 1 fully saturated rings. The van der Waals surface area contributed by atoms with E-state index in [1.165, 1.54) is 0 Å². The Kier molecular flexibility index (Phi) is 5.60. The van der Waals surface area contributed by atoms with Gasteiger partial charge in [0.25, 0.3) is 0 Å². The first-order valence-electron chi connectivity index (χ1n) is 7.17. The van der Waals surface area contributed by atoms with E-state index in [-0.39, 0.29) is 0 Å². The Morgan fingerprint density at radius 2 is 2.22 bits per heavy atom. The van der Waals surface area contributed by atoms with Gasteiger partial charge in [0.15, 0.2) is 0 Å². The maximum atomic E-state index is 11.6. The SMILES string of the molecule is CCCNC1(C(=O)O)CCC(N(C)C(C)CC)C1. The van der Waals surface area contributed by atoms with Gasteiger partial charge in [0.1, 0.15) is 5.54 Å². The van der Waals surface area contributed by atoms with Gasteiger partial charge >= 0.3 is 5.97 Å². The molecule has 1 aliphatic rings. The summed E-state index contributed by atoms with van der Waals surface area (Å²) in [6.45, 7) is 7.24. The third-order valence-corrected chi connectivity index (χ3v) is 4.47. The van der Waals surface area contributed by atoms with Crippen LogP contribution >= 0.6 is 0 Å². The van der Waals surface area contributed by atoms with Crippen LogP contribution in [0.1, 0.15) is 52.9 Å². The van der Waals surface area contributed by atoms with Crippen LogP contribution in [0.25, 0.3) is 0 Å². The number of aliphatic carboxylic acids is 1. The number of carboxylic acid groups (broad SMARTS) is 1. The lowest BCUT2D eigenvalue weighted by Crippen LogP contribution is -2.51.